The van der Waals surface area contributed by atoms with Crippen molar-refractivity contribution < 1.29 is 14.3 Å². The van der Waals surface area contributed by atoms with Crippen LogP contribution in [0.5, 0.6) is 0 Å². The van der Waals surface area contributed by atoms with Crippen LogP contribution in [0.3, 0.4) is 0 Å². The van der Waals surface area contributed by atoms with E-state index in [9.17, 15) is 9.59 Å². The standard InChI is InChI=1S/C21H35N3O3/c1-16(2)18(22-20(26)27-21(3,4)5)19(25)24(14-13-23(6)7)15-17-11-9-8-10-12-17/h8-12,16,18H,13-15H2,1-7H3,(H,22,26). The SMILES string of the molecule is CC(C)C(NC(=O)OC(C)(C)C)C(=O)N(CCN(C)C)Cc1ccccc1. The Labute approximate surface area is 163 Å². The highest BCUT2D eigenvalue weighted by Crippen LogP contribution is 2.13. The van der Waals surface area contributed by atoms with Gasteiger partial charge in [0.25, 0.3) is 0 Å². The summed E-state index contributed by atoms with van der Waals surface area (Å²) in [7, 11) is 3.95. The van der Waals surface area contributed by atoms with Crippen LogP contribution in [-0.4, -0.2) is 60.6 Å². The van der Waals surface area contributed by atoms with Crippen molar-refractivity contribution in [1.29, 1.82) is 0 Å². The van der Waals surface area contributed by atoms with E-state index in [2.05, 4.69) is 5.32 Å². The van der Waals surface area contributed by atoms with Gasteiger partial charge in [-0.25, -0.2) is 4.79 Å². The molecule has 0 heterocycles. The van der Waals surface area contributed by atoms with Crippen LogP contribution in [0.1, 0.15) is 40.2 Å². The second-order valence-corrected chi connectivity index (χ2v) is 8.42. The van der Waals surface area contributed by atoms with E-state index in [4.69, 9.17) is 4.74 Å². The zero-order valence-corrected chi connectivity index (χ0v) is 17.8. The molecule has 1 N–H and O–H groups in total. The normalized spacial score (nSPS) is 12.8. The monoisotopic (exact) mass is 377 g/mol. The van der Waals surface area contributed by atoms with Gasteiger partial charge in [0.15, 0.2) is 0 Å². The predicted molar refractivity (Wildman–Crippen MR) is 108 cm³/mol. The molecule has 6 nitrogen and oxygen atoms in total. The van der Waals surface area contributed by atoms with Crippen molar-refractivity contribution in [2.24, 2.45) is 5.92 Å². The van der Waals surface area contributed by atoms with E-state index in [-0.39, 0.29) is 11.8 Å². The molecule has 0 saturated carbocycles. The first-order chi connectivity index (χ1) is 12.5. The zero-order chi connectivity index (χ0) is 20.6. The lowest BCUT2D eigenvalue weighted by molar-refractivity contribution is -0.135. The van der Waals surface area contributed by atoms with E-state index in [0.717, 1.165) is 12.1 Å². The highest BCUT2D eigenvalue weighted by Gasteiger charge is 2.30. The maximum absolute atomic E-state index is 13.2. The number of alkyl carbamates (subject to hydrolysis) is 1. The van der Waals surface area contributed by atoms with E-state index in [0.29, 0.717) is 13.1 Å². The number of likely N-dealkylation sites (N-methyl/N-ethyl adjacent to an activating group) is 1. The average Bonchev–Trinajstić information content (AvgIpc) is 2.54. The molecule has 1 aromatic carbocycles. The molecule has 0 aliphatic heterocycles. The van der Waals surface area contributed by atoms with Gasteiger partial charge >= 0.3 is 6.09 Å². The first-order valence-corrected chi connectivity index (χ1v) is 9.46. The smallest absolute Gasteiger partial charge is 0.408 e. The number of ether oxygens (including phenoxy) is 1. The third-order valence-corrected chi connectivity index (χ3v) is 3.95. The number of carbonyl (C=O) groups excluding carboxylic acids is 2. The van der Waals surface area contributed by atoms with Gasteiger partial charge in [0.1, 0.15) is 11.6 Å². The summed E-state index contributed by atoms with van der Waals surface area (Å²) in [5.41, 5.74) is 0.452. The molecular formula is C21H35N3O3. The average molecular weight is 378 g/mol. The minimum Gasteiger partial charge on any atom is -0.444 e. The fourth-order valence-corrected chi connectivity index (χ4v) is 2.54. The van der Waals surface area contributed by atoms with Crippen molar-refractivity contribution in [3.05, 3.63) is 35.9 Å². The van der Waals surface area contributed by atoms with Gasteiger partial charge in [0, 0.05) is 19.6 Å². The Morgan fingerprint density at radius 3 is 2.15 bits per heavy atom. The fraction of sp³-hybridized carbons (Fsp3) is 0.619. The summed E-state index contributed by atoms with van der Waals surface area (Å²) < 4.78 is 5.34. The van der Waals surface area contributed by atoms with Gasteiger partial charge in [0.05, 0.1) is 0 Å². The number of amides is 2. The summed E-state index contributed by atoms with van der Waals surface area (Å²) in [6.07, 6.45) is -0.568. The molecule has 6 heteroatoms. The van der Waals surface area contributed by atoms with Gasteiger partial charge < -0.3 is 19.9 Å². The van der Waals surface area contributed by atoms with Crippen molar-refractivity contribution >= 4 is 12.0 Å². The molecule has 0 spiro atoms. The number of rotatable bonds is 8. The largest absolute Gasteiger partial charge is 0.444 e. The van der Waals surface area contributed by atoms with E-state index >= 15 is 0 Å². The topological polar surface area (TPSA) is 61.9 Å². The molecule has 2 amide bonds. The molecule has 1 rings (SSSR count). The second-order valence-electron chi connectivity index (χ2n) is 8.42. The Morgan fingerprint density at radius 1 is 1.07 bits per heavy atom. The van der Waals surface area contributed by atoms with Crippen LogP contribution in [-0.2, 0) is 16.1 Å². The summed E-state index contributed by atoms with van der Waals surface area (Å²) in [6, 6.07) is 9.25. The molecule has 1 unspecified atom stereocenters. The minimum atomic E-state index is -0.634. The lowest BCUT2D eigenvalue weighted by atomic mass is 10.0. The van der Waals surface area contributed by atoms with Crippen molar-refractivity contribution in [3.8, 4) is 0 Å². The van der Waals surface area contributed by atoms with E-state index in [1.165, 1.54) is 0 Å². The van der Waals surface area contributed by atoms with Crippen LogP contribution < -0.4 is 5.32 Å². The number of benzene rings is 1. The van der Waals surface area contributed by atoms with Crippen LogP contribution >= 0.6 is 0 Å². The molecular weight excluding hydrogens is 342 g/mol. The first-order valence-electron chi connectivity index (χ1n) is 9.46. The fourth-order valence-electron chi connectivity index (χ4n) is 2.54. The van der Waals surface area contributed by atoms with Crippen molar-refractivity contribution in [2.45, 2.75) is 52.8 Å². The van der Waals surface area contributed by atoms with Crippen molar-refractivity contribution in [3.63, 3.8) is 0 Å². The third-order valence-electron chi connectivity index (χ3n) is 3.95. The van der Waals surface area contributed by atoms with Gasteiger partial charge in [-0.3, -0.25) is 4.79 Å². The van der Waals surface area contributed by atoms with Crippen molar-refractivity contribution in [2.75, 3.05) is 27.2 Å². The summed E-state index contributed by atoms with van der Waals surface area (Å²) in [6.45, 7) is 11.1. The quantitative estimate of drug-likeness (QED) is 0.756. The molecule has 0 aliphatic rings. The number of carbonyl (C=O) groups is 2. The summed E-state index contributed by atoms with van der Waals surface area (Å²) in [5, 5.41) is 2.76. The molecule has 27 heavy (non-hydrogen) atoms. The lowest BCUT2D eigenvalue weighted by Crippen LogP contribution is -2.52. The van der Waals surface area contributed by atoms with Gasteiger partial charge in [-0.1, -0.05) is 44.2 Å². The van der Waals surface area contributed by atoms with Crippen LogP contribution in [0.15, 0.2) is 30.3 Å². The Balaban J connectivity index is 2.94. The molecule has 0 aliphatic carbocycles. The van der Waals surface area contributed by atoms with Crippen LogP contribution in [0, 0.1) is 5.92 Å². The Kier molecular flexibility index (Phi) is 8.76. The van der Waals surface area contributed by atoms with E-state index in [1.54, 1.807) is 25.7 Å². The summed E-state index contributed by atoms with van der Waals surface area (Å²) in [5.74, 6) is -0.149. The van der Waals surface area contributed by atoms with Crippen LogP contribution in [0.2, 0.25) is 0 Å². The highest BCUT2D eigenvalue weighted by atomic mass is 16.6. The Hall–Kier alpha value is -2.08. The number of hydrogen-bond donors (Lipinski definition) is 1. The van der Waals surface area contributed by atoms with E-state index in [1.807, 2.05) is 63.2 Å². The second kappa shape index (κ2) is 10.3. The van der Waals surface area contributed by atoms with Gasteiger partial charge in [-0.05, 0) is 46.3 Å². The first kappa shape index (κ1) is 23.0. The summed E-state index contributed by atoms with van der Waals surface area (Å²) in [4.78, 5) is 29.3. The van der Waals surface area contributed by atoms with Gasteiger partial charge in [0.2, 0.25) is 5.91 Å². The van der Waals surface area contributed by atoms with Crippen LogP contribution in [0.4, 0.5) is 4.79 Å². The molecule has 1 atom stereocenters. The molecule has 152 valence electrons. The minimum absolute atomic E-state index is 0.0531. The summed E-state index contributed by atoms with van der Waals surface area (Å²) >= 11 is 0. The van der Waals surface area contributed by atoms with Crippen molar-refractivity contribution in [1.82, 2.24) is 15.1 Å². The number of nitrogens with one attached hydrogen (secondary N) is 1. The molecule has 0 fully saturated rings. The Bertz CT molecular complexity index is 594. The predicted octanol–water partition coefficient (Wildman–Crippen LogP) is 3.13. The van der Waals surface area contributed by atoms with Gasteiger partial charge in [-0.2, -0.15) is 0 Å². The molecule has 0 aromatic heterocycles. The Morgan fingerprint density at radius 2 is 1.67 bits per heavy atom. The maximum atomic E-state index is 13.2. The van der Waals surface area contributed by atoms with Gasteiger partial charge in [-0.15, -0.1) is 0 Å². The molecule has 1 aromatic rings. The lowest BCUT2D eigenvalue weighted by Gasteiger charge is -2.31. The molecule has 0 radical (unpaired) electrons. The third kappa shape index (κ3) is 8.91. The maximum Gasteiger partial charge on any atom is 0.408 e. The molecule has 0 saturated heterocycles. The van der Waals surface area contributed by atoms with Crippen LogP contribution in [0.25, 0.3) is 0 Å². The zero-order valence-electron chi connectivity index (χ0n) is 17.8. The number of hydrogen-bond acceptors (Lipinski definition) is 4. The highest BCUT2D eigenvalue weighted by molar-refractivity contribution is 5.86. The number of nitrogens with zero attached hydrogens (tertiary/aromatic N) is 2. The molecule has 0 bridgehead atoms. The van der Waals surface area contributed by atoms with E-state index < -0.39 is 17.7 Å².